The van der Waals surface area contributed by atoms with Crippen LogP contribution in [0.5, 0.6) is 0 Å². The Hall–Kier alpha value is -2.25. The van der Waals surface area contributed by atoms with Gasteiger partial charge in [-0.05, 0) is 33.8 Å². The van der Waals surface area contributed by atoms with E-state index in [2.05, 4.69) is 5.32 Å². The molecule has 8 heteroatoms. The van der Waals surface area contributed by atoms with Crippen LogP contribution in [0.4, 0.5) is 18.0 Å². The fraction of sp³-hybridized carbons (Fsp3) is 0.467. The number of carbonyl (C=O) groups excluding carboxylic acids is 1. The second kappa shape index (κ2) is 6.89. The molecule has 0 saturated heterocycles. The largest absolute Gasteiger partial charge is 0.481 e. The number of hydrogen-bond donors (Lipinski definition) is 2. The van der Waals surface area contributed by atoms with Gasteiger partial charge in [-0.2, -0.15) is 0 Å². The highest BCUT2D eigenvalue weighted by molar-refractivity contribution is 5.78. The van der Waals surface area contributed by atoms with Gasteiger partial charge < -0.3 is 15.2 Å². The zero-order chi connectivity index (χ0) is 17.9. The van der Waals surface area contributed by atoms with E-state index in [9.17, 15) is 27.9 Å². The van der Waals surface area contributed by atoms with Gasteiger partial charge in [-0.1, -0.05) is 0 Å². The number of alkyl carbamates (subject to hydrolysis) is 1. The van der Waals surface area contributed by atoms with Crippen LogP contribution < -0.4 is 5.32 Å². The van der Waals surface area contributed by atoms with Crippen molar-refractivity contribution in [1.82, 2.24) is 5.32 Å². The van der Waals surface area contributed by atoms with Crippen LogP contribution >= 0.6 is 0 Å². The first-order valence-corrected chi connectivity index (χ1v) is 6.79. The first kappa shape index (κ1) is 18.8. The number of carbonyl (C=O) groups is 2. The lowest BCUT2D eigenvalue weighted by Crippen LogP contribution is -2.43. The number of carboxylic acid groups (broad SMARTS) is 1. The summed E-state index contributed by atoms with van der Waals surface area (Å²) in [5.41, 5.74) is -1.38. The first-order chi connectivity index (χ1) is 10.4. The number of nitrogens with one attached hydrogen (secondary N) is 1. The predicted octanol–water partition coefficient (Wildman–Crippen LogP) is 3.19. The maximum absolute atomic E-state index is 13.8. The SMILES string of the molecule is C[C@@H](NC(=O)OC(C)(C)C)C(C(=O)O)c1cc(F)c(F)cc1F. The topological polar surface area (TPSA) is 75.6 Å². The van der Waals surface area contributed by atoms with E-state index in [0.717, 1.165) is 0 Å². The molecule has 0 saturated carbocycles. The molecule has 1 amide bonds. The third-order valence-corrected chi connectivity index (χ3v) is 2.89. The number of benzene rings is 1. The first-order valence-electron chi connectivity index (χ1n) is 6.79. The fourth-order valence-electron chi connectivity index (χ4n) is 1.97. The van der Waals surface area contributed by atoms with Crippen molar-refractivity contribution in [1.29, 1.82) is 0 Å². The number of halogens is 3. The van der Waals surface area contributed by atoms with Crippen LogP contribution in [0.2, 0.25) is 0 Å². The molecule has 1 aromatic carbocycles. The number of hydrogen-bond acceptors (Lipinski definition) is 3. The normalized spacial score (nSPS) is 14.0. The van der Waals surface area contributed by atoms with Gasteiger partial charge >= 0.3 is 12.1 Å². The number of ether oxygens (including phenoxy) is 1. The quantitative estimate of drug-likeness (QED) is 0.830. The highest BCUT2D eigenvalue weighted by atomic mass is 19.2. The van der Waals surface area contributed by atoms with E-state index in [0.29, 0.717) is 6.07 Å². The van der Waals surface area contributed by atoms with Gasteiger partial charge in [0.2, 0.25) is 0 Å². The van der Waals surface area contributed by atoms with E-state index in [1.807, 2.05) is 0 Å². The molecule has 0 aromatic heterocycles. The molecular weight excluding hydrogens is 315 g/mol. The average Bonchev–Trinajstić information content (AvgIpc) is 2.32. The minimum atomic E-state index is -1.61. The Bertz CT molecular complexity index is 613. The van der Waals surface area contributed by atoms with Crippen molar-refractivity contribution >= 4 is 12.1 Å². The van der Waals surface area contributed by atoms with Crippen molar-refractivity contribution in [2.75, 3.05) is 0 Å². The molecular formula is C15H18F3NO4. The summed E-state index contributed by atoms with van der Waals surface area (Å²) in [7, 11) is 0. The van der Waals surface area contributed by atoms with Crippen LogP contribution in [0.15, 0.2) is 12.1 Å². The van der Waals surface area contributed by atoms with Crippen LogP contribution in [0.25, 0.3) is 0 Å². The van der Waals surface area contributed by atoms with Crippen LogP contribution in [0, 0.1) is 17.5 Å². The Morgan fingerprint density at radius 3 is 2.13 bits per heavy atom. The van der Waals surface area contributed by atoms with Gasteiger partial charge in [0.1, 0.15) is 17.3 Å². The number of carboxylic acids is 1. The average molecular weight is 333 g/mol. The zero-order valence-electron chi connectivity index (χ0n) is 13.1. The number of amides is 1. The Kier molecular flexibility index (Phi) is 5.63. The minimum absolute atomic E-state index is 0.265. The Labute approximate surface area is 131 Å². The second-order valence-corrected chi connectivity index (χ2v) is 6.04. The van der Waals surface area contributed by atoms with Gasteiger partial charge in [0.15, 0.2) is 11.6 Å². The van der Waals surface area contributed by atoms with Gasteiger partial charge in [-0.25, -0.2) is 18.0 Å². The van der Waals surface area contributed by atoms with Gasteiger partial charge in [-0.3, -0.25) is 4.79 Å². The molecule has 0 aliphatic rings. The third-order valence-electron chi connectivity index (χ3n) is 2.89. The molecule has 1 aromatic rings. The Morgan fingerprint density at radius 2 is 1.65 bits per heavy atom. The Morgan fingerprint density at radius 1 is 1.13 bits per heavy atom. The van der Waals surface area contributed by atoms with Crippen LogP contribution in [-0.2, 0) is 9.53 Å². The molecule has 1 rings (SSSR count). The van der Waals surface area contributed by atoms with E-state index in [1.54, 1.807) is 20.8 Å². The summed E-state index contributed by atoms with van der Waals surface area (Å²) in [5, 5.41) is 11.5. The number of rotatable bonds is 4. The van der Waals surface area contributed by atoms with Gasteiger partial charge in [-0.15, -0.1) is 0 Å². The van der Waals surface area contributed by atoms with Crippen molar-refractivity contribution in [3.05, 3.63) is 35.1 Å². The maximum atomic E-state index is 13.8. The third kappa shape index (κ3) is 5.15. The van der Waals surface area contributed by atoms with E-state index in [4.69, 9.17) is 4.74 Å². The molecule has 0 fully saturated rings. The summed E-state index contributed by atoms with van der Waals surface area (Å²) in [6.07, 6.45) is -0.903. The van der Waals surface area contributed by atoms with E-state index < -0.39 is 52.6 Å². The number of aliphatic carboxylic acids is 1. The Balaban J connectivity index is 3.06. The molecule has 128 valence electrons. The molecule has 2 atom stereocenters. The molecule has 1 unspecified atom stereocenters. The summed E-state index contributed by atoms with van der Waals surface area (Å²) < 4.78 is 45.0. The molecule has 23 heavy (non-hydrogen) atoms. The second-order valence-electron chi connectivity index (χ2n) is 6.04. The summed E-state index contributed by atoms with van der Waals surface area (Å²) in [6, 6.07) is -0.390. The standard InChI is InChI=1S/C15H18F3NO4/c1-7(19-14(22)23-15(2,3)4)12(13(20)21)8-5-10(17)11(18)6-9(8)16/h5-7,12H,1-4H3,(H,19,22)(H,20,21)/t7-,12?/m1/s1. The lowest BCUT2D eigenvalue weighted by molar-refractivity contribution is -0.139. The van der Waals surface area contributed by atoms with Crippen molar-refractivity contribution < 1.29 is 32.6 Å². The van der Waals surface area contributed by atoms with Crippen LogP contribution in [0.1, 0.15) is 39.2 Å². The molecule has 0 heterocycles. The van der Waals surface area contributed by atoms with Crippen LogP contribution in [-0.4, -0.2) is 28.8 Å². The van der Waals surface area contributed by atoms with Crippen molar-refractivity contribution in [2.45, 2.75) is 45.3 Å². The summed E-state index contributed by atoms with van der Waals surface area (Å²) in [6.45, 7) is 6.13. The lowest BCUT2D eigenvalue weighted by atomic mass is 9.92. The summed E-state index contributed by atoms with van der Waals surface area (Å²) in [5.74, 6) is -7.13. The van der Waals surface area contributed by atoms with E-state index in [-0.39, 0.29) is 6.07 Å². The van der Waals surface area contributed by atoms with Crippen molar-refractivity contribution in [2.24, 2.45) is 0 Å². The van der Waals surface area contributed by atoms with E-state index >= 15 is 0 Å². The summed E-state index contributed by atoms with van der Waals surface area (Å²) >= 11 is 0. The molecule has 0 aliphatic carbocycles. The minimum Gasteiger partial charge on any atom is -0.481 e. The molecule has 0 spiro atoms. The van der Waals surface area contributed by atoms with Gasteiger partial charge in [0.05, 0.1) is 0 Å². The molecule has 2 N–H and O–H groups in total. The molecule has 0 radical (unpaired) electrons. The molecule has 5 nitrogen and oxygen atoms in total. The van der Waals surface area contributed by atoms with E-state index in [1.165, 1.54) is 6.92 Å². The monoisotopic (exact) mass is 333 g/mol. The van der Waals surface area contributed by atoms with Gasteiger partial charge in [0.25, 0.3) is 0 Å². The van der Waals surface area contributed by atoms with Crippen LogP contribution in [0.3, 0.4) is 0 Å². The smallest absolute Gasteiger partial charge is 0.407 e. The zero-order valence-corrected chi connectivity index (χ0v) is 13.1. The van der Waals surface area contributed by atoms with Crippen molar-refractivity contribution in [3.63, 3.8) is 0 Å². The fourth-order valence-corrected chi connectivity index (χ4v) is 1.97. The highest BCUT2D eigenvalue weighted by Gasteiger charge is 2.32. The predicted molar refractivity (Wildman–Crippen MR) is 75.5 cm³/mol. The molecule has 0 aliphatic heterocycles. The van der Waals surface area contributed by atoms with Gasteiger partial charge in [0, 0.05) is 17.7 Å². The molecule has 0 bridgehead atoms. The highest BCUT2D eigenvalue weighted by Crippen LogP contribution is 2.26. The summed E-state index contributed by atoms with van der Waals surface area (Å²) in [4.78, 5) is 23.1. The maximum Gasteiger partial charge on any atom is 0.407 e. The van der Waals surface area contributed by atoms with Crippen molar-refractivity contribution in [3.8, 4) is 0 Å². The lowest BCUT2D eigenvalue weighted by Gasteiger charge is -2.25.